The largest absolute Gasteiger partial charge is 0.322 e. The predicted molar refractivity (Wildman–Crippen MR) is 78.0 cm³/mol. The van der Waals surface area contributed by atoms with Crippen LogP contribution in [0, 0.1) is 19.7 Å². The molecule has 98 valence electrons. The van der Waals surface area contributed by atoms with Gasteiger partial charge in [0.25, 0.3) is 5.91 Å². The van der Waals surface area contributed by atoms with Gasteiger partial charge in [-0.3, -0.25) is 4.79 Å². The zero-order chi connectivity index (χ0) is 14.0. The smallest absolute Gasteiger partial charge is 0.259 e. The number of nitrogens with one attached hydrogen (secondary N) is 1. The van der Waals surface area contributed by atoms with Crippen molar-refractivity contribution in [3.63, 3.8) is 0 Å². The summed E-state index contributed by atoms with van der Waals surface area (Å²) in [5, 5.41) is 2.74. The van der Waals surface area contributed by atoms with Gasteiger partial charge in [0.05, 0.1) is 5.56 Å². The molecule has 2 aromatic rings. The van der Waals surface area contributed by atoms with Crippen molar-refractivity contribution in [3.8, 4) is 0 Å². The monoisotopic (exact) mass is 321 g/mol. The predicted octanol–water partition coefficient (Wildman–Crippen LogP) is 4.46. The van der Waals surface area contributed by atoms with Crippen LogP contribution in [0.5, 0.6) is 0 Å². The van der Waals surface area contributed by atoms with E-state index in [4.69, 9.17) is 0 Å². The molecule has 1 amide bonds. The molecule has 0 aromatic heterocycles. The summed E-state index contributed by atoms with van der Waals surface area (Å²) in [6.45, 7) is 3.83. The minimum atomic E-state index is -0.544. The van der Waals surface area contributed by atoms with Crippen molar-refractivity contribution in [2.45, 2.75) is 13.8 Å². The Morgan fingerprint density at radius 1 is 1.21 bits per heavy atom. The van der Waals surface area contributed by atoms with Gasteiger partial charge in [-0.05, 0) is 59.1 Å². The van der Waals surface area contributed by atoms with Gasteiger partial charge in [-0.1, -0.05) is 18.2 Å². The number of rotatable bonds is 2. The zero-order valence-electron chi connectivity index (χ0n) is 10.6. The molecule has 0 aliphatic heterocycles. The van der Waals surface area contributed by atoms with Gasteiger partial charge >= 0.3 is 0 Å². The van der Waals surface area contributed by atoms with Crippen molar-refractivity contribution in [1.82, 2.24) is 0 Å². The maximum Gasteiger partial charge on any atom is 0.259 e. The molecule has 0 bridgehead atoms. The second kappa shape index (κ2) is 5.53. The molecule has 0 atom stereocenters. The molecule has 0 radical (unpaired) electrons. The van der Waals surface area contributed by atoms with Crippen LogP contribution in [0.3, 0.4) is 0 Å². The van der Waals surface area contributed by atoms with Crippen LogP contribution >= 0.6 is 15.9 Å². The number of carbonyl (C=O) groups excluding carboxylic acids is 1. The molecule has 2 nitrogen and oxygen atoms in total. The fourth-order valence-corrected chi connectivity index (χ4v) is 2.29. The molecule has 4 heteroatoms. The van der Waals surface area contributed by atoms with E-state index < -0.39 is 11.7 Å². The third kappa shape index (κ3) is 3.01. The highest BCUT2D eigenvalue weighted by Gasteiger charge is 2.16. The lowest BCUT2D eigenvalue weighted by Crippen LogP contribution is -2.15. The summed E-state index contributed by atoms with van der Waals surface area (Å²) >= 11 is 3.19. The summed E-state index contributed by atoms with van der Waals surface area (Å²) in [5.41, 5.74) is 2.68. The second-order valence-corrected chi connectivity index (χ2v) is 5.22. The molecular weight excluding hydrogens is 309 g/mol. The lowest BCUT2D eigenvalue weighted by Gasteiger charge is -2.11. The van der Waals surface area contributed by atoms with Crippen molar-refractivity contribution < 1.29 is 9.18 Å². The van der Waals surface area contributed by atoms with E-state index in [9.17, 15) is 9.18 Å². The van der Waals surface area contributed by atoms with Crippen molar-refractivity contribution in [3.05, 3.63) is 63.4 Å². The molecule has 0 saturated heterocycles. The first-order valence-corrected chi connectivity index (χ1v) is 6.61. The molecule has 2 aromatic carbocycles. The summed E-state index contributed by atoms with van der Waals surface area (Å²) in [6.07, 6.45) is 0. The van der Waals surface area contributed by atoms with Crippen LogP contribution in [0.25, 0.3) is 0 Å². The fraction of sp³-hybridized carbons (Fsp3) is 0.133. The van der Waals surface area contributed by atoms with Crippen molar-refractivity contribution in [2.24, 2.45) is 0 Å². The lowest BCUT2D eigenvalue weighted by atomic mass is 10.1. The third-order valence-corrected chi connectivity index (χ3v) is 3.49. The molecule has 0 spiro atoms. The van der Waals surface area contributed by atoms with Crippen LogP contribution in [-0.4, -0.2) is 5.91 Å². The summed E-state index contributed by atoms with van der Waals surface area (Å²) in [6, 6.07) is 10.2. The highest BCUT2D eigenvalue weighted by Crippen LogP contribution is 2.22. The SMILES string of the molecule is Cc1ccc(C)c(NC(=O)c2c(F)cccc2Br)c1. The topological polar surface area (TPSA) is 29.1 Å². The molecule has 0 heterocycles. The summed E-state index contributed by atoms with van der Waals surface area (Å²) in [4.78, 5) is 12.1. The van der Waals surface area contributed by atoms with Crippen molar-refractivity contribution in [1.29, 1.82) is 0 Å². The quantitative estimate of drug-likeness (QED) is 0.869. The third-order valence-electron chi connectivity index (χ3n) is 2.83. The van der Waals surface area contributed by atoms with Crippen LogP contribution in [0.4, 0.5) is 10.1 Å². The van der Waals surface area contributed by atoms with Gasteiger partial charge in [0.1, 0.15) is 5.82 Å². The van der Waals surface area contributed by atoms with E-state index in [1.807, 2.05) is 32.0 Å². The first kappa shape index (κ1) is 13.7. The normalized spacial score (nSPS) is 10.3. The van der Waals surface area contributed by atoms with Crippen molar-refractivity contribution in [2.75, 3.05) is 5.32 Å². The van der Waals surface area contributed by atoms with Crippen molar-refractivity contribution >= 4 is 27.5 Å². The minimum Gasteiger partial charge on any atom is -0.322 e. The maximum atomic E-state index is 13.7. The summed E-state index contributed by atoms with van der Waals surface area (Å²) in [7, 11) is 0. The Balaban J connectivity index is 2.34. The molecule has 0 aliphatic carbocycles. The number of aryl methyl sites for hydroxylation is 2. The number of benzene rings is 2. The van der Waals surface area contributed by atoms with E-state index >= 15 is 0 Å². The van der Waals surface area contributed by atoms with Crippen LogP contribution < -0.4 is 5.32 Å². The molecule has 0 saturated carbocycles. The molecular formula is C15H13BrFNO. The van der Waals surface area contributed by atoms with Crippen LogP contribution in [0.2, 0.25) is 0 Å². The first-order chi connectivity index (χ1) is 8.99. The molecule has 0 fully saturated rings. The van der Waals surface area contributed by atoms with E-state index in [1.54, 1.807) is 12.1 Å². The fourth-order valence-electron chi connectivity index (χ4n) is 1.77. The molecule has 2 rings (SSSR count). The Bertz CT molecular complexity index is 620. The Morgan fingerprint density at radius 3 is 2.63 bits per heavy atom. The van der Waals surface area contributed by atoms with Gasteiger partial charge < -0.3 is 5.32 Å². The number of halogens is 2. The van der Waals surface area contributed by atoms with Crippen LogP contribution in [-0.2, 0) is 0 Å². The first-order valence-electron chi connectivity index (χ1n) is 5.81. The Labute approximate surface area is 119 Å². The average Bonchev–Trinajstić information content (AvgIpc) is 2.33. The van der Waals surface area contributed by atoms with Gasteiger partial charge in [-0.15, -0.1) is 0 Å². The summed E-state index contributed by atoms with van der Waals surface area (Å²) in [5.74, 6) is -1.00. The Hall–Kier alpha value is -1.68. The highest BCUT2D eigenvalue weighted by molar-refractivity contribution is 9.10. The number of hydrogen-bond acceptors (Lipinski definition) is 1. The Morgan fingerprint density at radius 2 is 1.95 bits per heavy atom. The van der Waals surface area contributed by atoms with E-state index in [0.717, 1.165) is 11.1 Å². The highest BCUT2D eigenvalue weighted by atomic mass is 79.9. The Kier molecular flexibility index (Phi) is 4.00. The number of anilines is 1. The van der Waals surface area contributed by atoms with Gasteiger partial charge in [0.2, 0.25) is 0 Å². The van der Waals surface area contributed by atoms with Crippen LogP contribution in [0.15, 0.2) is 40.9 Å². The second-order valence-electron chi connectivity index (χ2n) is 4.37. The van der Waals surface area contributed by atoms with E-state index in [1.165, 1.54) is 6.07 Å². The van der Waals surface area contributed by atoms with Gasteiger partial charge in [-0.2, -0.15) is 0 Å². The van der Waals surface area contributed by atoms with E-state index in [-0.39, 0.29) is 5.56 Å². The number of carbonyl (C=O) groups is 1. The maximum absolute atomic E-state index is 13.7. The number of hydrogen-bond donors (Lipinski definition) is 1. The number of amides is 1. The molecule has 1 N–H and O–H groups in total. The van der Waals surface area contributed by atoms with Gasteiger partial charge in [-0.25, -0.2) is 4.39 Å². The van der Waals surface area contributed by atoms with E-state index in [2.05, 4.69) is 21.2 Å². The van der Waals surface area contributed by atoms with E-state index in [0.29, 0.717) is 10.2 Å². The average molecular weight is 322 g/mol. The zero-order valence-corrected chi connectivity index (χ0v) is 12.2. The van der Waals surface area contributed by atoms with Crippen LogP contribution in [0.1, 0.15) is 21.5 Å². The lowest BCUT2D eigenvalue weighted by molar-refractivity contribution is 0.102. The van der Waals surface area contributed by atoms with Gasteiger partial charge in [0, 0.05) is 10.2 Å². The summed E-state index contributed by atoms with van der Waals surface area (Å²) < 4.78 is 14.1. The molecule has 0 aliphatic rings. The minimum absolute atomic E-state index is 0.0170. The standard InChI is InChI=1S/C15H13BrFNO/c1-9-6-7-10(2)13(8-9)18-15(19)14-11(16)4-3-5-12(14)17/h3-8H,1-2H3,(H,18,19). The molecule has 19 heavy (non-hydrogen) atoms. The van der Waals surface area contributed by atoms with Gasteiger partial charge in [0.15, 0.2) is 0 Å². The molecule has 0 unspecified atom stereocenters.